The summed E-state index contributed by atoms with van der Waals surface area (Å²) >= 11 is 0. The second kappa shape index (κ2) is 4.54. The van der Waals surface area contributed by atoms with Crippen LogP contribution in [-0.2, 0) is 6.42 Å². The van der Waals surface area contributed by atoms with Crippen LogP contribution in [0.25, 0.3) is 0 Å². The number of hydrogen-bond donors (Lipinski definition) is 0. The van der Waals surface area contributed by atoms with Crippen molar-refractivity contribution in [3.8, 4) is 5.75 Å². The number of pyridine rings is 1. The summed E-state index contributed by atoms with van der Waals surface area (Å²) in [6, 6.07) is 3.79. The number of methoxy groups -OCH3 is 1. The lowest BCUT2D eigenvalue weighted by molar-refractivity contribution is 0.407. The fourth-order valence-corrected chi connectivity index (χ4v) is 1.04. The van der Waals surface area contributed by atoms with E-state index in [0.717, 1.165) is 24.3 Å². The number of allylic oxidation sites excluding steroid dienone is 1. The van der Waals surface area contributed by atoms with E-state index in [0.29, 0.717) is 0 Å². The predicted molar refractivity (Wildman–Crippen MR) is 49.3 cm³/mol. The highest BCUT2D eigenvalue weighted by Crippen LogP contribution is 2.15. The lowest BCUT2D eigenvalue weighted by Gasteiger charge is -2.04. The van der Waals surface area contributed by atoms with E-state index in [-0.39, 0.29) is 0 Å². The second-order valence-corrected chi connectivity index (χ2v) is 2.48. The maximum Gasteiger partial charge on any atom is 0.140 e. The largest absolute Gasteiger partial charge is 0.495 e. The van der Waals surface area contributed by atoms with E-state index in [1.807, 2.05) is 18.2 Å². The van der Waals surface area contributed by atoms with Gasteiger partial charge in [-0.05, 0) is 25.0 Å². The fraction of sp³-hybridized carbons (Fsp3) is 0.300. The molecule has 2 nitrogen and oxygen atoms in total. The zero-order chi connectivity index (χ0) is 8.81. The second-order valence-electron chi connectivity index (χ2n) is 2.48. The molecular weight excluding hydrogens is 150 g/mol. The Kier molecular flexibility index (Phi) is 3.33. The summed E-state index contributed by atoms with van der Waals surface area (Å²) in [5.41, 5.74) is 1.000. The lowest BCUT2D eigenvalue weighted by Crippen LogP contribution is -1.94. The minimum absolute atomic E-state index is 0.861. The smallest absolute Gasteiger partial charge is 0.140 e. The van der Waals surface area contributed by atoms with Crippen LogP contribution in [0.15, 0.2) is 31.0 Å². The Balaban J connectivity index is 2.74. The molecule has 0 saturated heterocycles. The third-order valence-corrected chi connectivity index (χ3v) is 1.65. The molecule has 1 aromatic heterocycles. The zero-order valence-corrected chi connectivity index (χ0v) is 7.29. The number of aryl methyl sites for hydroxylation is 1. The fourth-order valence-electron chi connectivity index (χ4n) is 1.04. The molecule has 1 heterocycles. The highest BCUT2D eigenvalue weighted by atomic mass is 16.5. The summed E-state index contributed by atoms with van der Waals surface area (Å²) in [5.74, 6) is 0.861. The molecule has 0 aliphatic rings. The SMILES string of the molecule is C=CCCc1ncccc1OC. The molecule has 0 saturated carbocycles. The van der Waals surface area contributed by atoms with E-state index in [9.17, 15) is 0 Å². The van der Waals surface area contributed by atoms with Crippen molar-refractivity contribution in [3.05, 3.63) is 36.7 Å². The number of rotatable bonds is 4. The van der Waals surface area contributed by atoms with Gasteiger partial charge in [-0.25, -0.2) is 0 Å². The van der Waals surface area contributed by atoms with Gasteiger partial charge in [0.15, 0.2) is 0 Å². The lowest BCUT2D eigenvalue weighted by atomic mass is 10.2. The first-order chi connectivity index (χ1) is 5.88. The topological polar surface area (TPSA) is 22.1 Å². The van der Waals surface area contributed by atoms with Gasteiger partial charge in [-0.15, -0.1) is 6.58 Å². The van der Waals surface area contributed by atoms with Crippen molar-refractivity contribution in [2.45, 2.75) is 12.8 Å². The van der Waals surface area contributed by atoms with Gasteiger partial charge in [0.1, 0.15) is 5.75 Å². The maximum absolute atomic E-state index is 5.15. The quantitative estimate of drug-likeness (QED) is 0.635. The van der Waals surface area contributed by atoms with Gasteiger partial charge < -0.3 is 4.74 Å². The van der Waals surface area contributed by atoms with Crippen LogP contribution in [-0.4, -0.2) is 12.1 Å². The third kappa shape index (κ3) is 2.09. The van der Waals surface area contributed by atoms with Crippen LogP contribution in [0.1, 0.15) is 12.1 Å². The van der Waals surface area contributed by atoms with E-state index in [1.165, 1.54) is 0 Å². The summed E-state index contributed by atoms with van der Waals surface area (Å²) in [5, 5.41) is 0. The molecule has 0 aliphatic heterocycles. The minimum atomic E-state index is 0.861. The summed E-state index contributed by atoms with van der Waals surface area (Å²) < 4.78 is 5.15. The van der Waals surface area contributed by atoms with Crippen molar-refractivity contribution in [2.75, 3.05) is 7.11 Å². The highest BCUT2D eigenvalue weighted by molar-refractivity contribution is 5.26. The van der Waals surface area contributed by atoms with Gasteiger partial charge in [0.25, 0.3) is 0 Å². The molecule has 64 valence electrons. The van der Waals surface area contributed by atoms with Crippen molar-refractivity contribution in [1.29, 1.82) is 0 Å². The van der Waals surface area contributed by atoms with E-state index < -0.39 is 0 Å². The van der Waals surface area contributed by atoms with Crippen LogP contribution in [0.5, 0.6) is 5.75 Å². The Labute approximate surface area is 72.9 Å². The molecule has 0 aromatic carbocycles. The van der Waals surface area contributed by atoms with Gasteiger partial charge in [-0.1, -0.05) is 6.08 Å². The summed E-state index contributed by atoms with van der Waals surface area (Å²) in [7, 11) is 1.66. The van der Waals surface area contributed by atoms with Crippen LogP contribution in [0.2, 0.25) is 0 Å². The Morgan fingerprint density at radius 2 is 2.50 bits per heavy atom. The van der Waals surface area contributed by atoms with Crippen molar-refractivity contribution < 1.29 is 4.74 Å². The first-order valence-electron chi connectivity index (χ1n) is 3.97. The molecule has 0 spiro atoms. The monoisotopic (exact) mass is 163 g/mol. The number of ether oxygens (including phenoxy) is 1. The van der Waals surface area contributed by atoms with E-state index in [4.69, 9.17) is 4.74 Å². The summed E-state index contributed by atoms with van der Waals surface area (Å²) in [4.78, 5) is 4.21. The van der Waals surface area contributed by atoms with Gasteiger partial charge >= 0.3 is 0 Å². The van der Waals surface area contributed by atoms with Gasteiger partial charge in [0.2, 0.25) is 0 Å². The number of nitrogens with zero attached hydrogens (tertiary/aromatic N) is 1. The molecule has 2 heteroatoms. The maximum atomic E-state index is 5.15. The molecule has 0 N–H and O–H groups in total. The van der Waals surface area contributed by atoms with E-state index >= 15 is 0 Å². The molecular formula is C10H13NO. The first-order valence-corrected chi connectivity index (χ1v) is 3.97. The van der Waals surface area contributed by atoms with E-state index in [2.05, 4.69) is 11.6 Å². The van der Waals surface area contributed by atoms with Crippen LogP contribution in [0.4, 0.5) is 0 Å². The summed E-state index contributed by atoms with van der Waals surface area (Å²) in [6.45, 7) is 3.66. The summed E-state index contributed by atoms with van der Waals surface area (Å²) in [6.07, 6.45) is 5.50. The van der Waals surface area contributed by atoms with Crippen LogP contribution in [0.3, 0.4) is 0 Å². The molecule has 0 bridgehead atoms. The van der Waals surface area contributed by atoms with Crippen LogP contribution >= 0.6 is 0 Å². The molecule has 12 heavy (non-hydrogen) atoms. The highest BCUT2D eigenvalue weighted by Gasteiger charge is 2.00. The molecule has 0 amide bonds. The van der Waals surface area contributed by atoms with Crippen molar-refractivity contribution >= 4 is 0 Å². The molecule has 0 aliphatic carbocycles. The van der Waals surface area contributed by atoms with Crippen LogP contribution < -0.4 is 4.74 Å². The number of hydrogen-bond acceptors (Lipinski definition) is 2. The Hall–Kier alpha value is -1.31. The van der Waals surface area contributed by atoms with Gasteiger partial charge in [0, 0.05) is 6.20 Å². The molecule has 1 rings (SSSR count). The van der Waals surface area contributed by atoms with Crippen molar-refractivity contribution in [1.82, 2.24) is 4.98 Å². The molecule has 1 aromatic rings. The first kappa shape index (κ1) is 8.78. The number of aromatic nitrogens is 1. The van der Waals surface area contributed by atoms with E-state index in [1.54, 1.807) is 13.3 Å². The Morgan fingerprint density at radius 1 is 1.67 bits per heavy atom. The Morgan fingerprint density at radius 3 is 3.17 bits per heavy atom. The van der Waals surface area contributed by atoms with Crippen molar-refractivity contribution in [2.24, 2.45) is 0 Å². The normalized spacial score (nSPS) is 9.42. The van der Waals surface area contributed by atoms with Gasteiger partial charge in [-0.3, -0.25) is 4.98 Å². The minimum Gasteiger partial charge on any atom is -0.495 e. The third-order valence-electron chi connectivity index (χ3n) is 1.65. The van der Waals surface area contributed by atoms with Crippen molar-refractivity contribution in [3.63, 3.8) is 0 Å². The molecule has 0 unspecified atom stereocenters. The average molecular weight is 163 g/mol. The Bertz CT molecular complexity index is 258. The van der Waals surface area contributed by atoms with Gasteiger partial charge in [0.05, 0.1) is 12.8 Å². The van der Waals surface area contributed by atoms with Crippen LogP contribution in [0, 0.1) is 0 Å². The zero-order valence-electron chi connectivity index (χ0n) is 7.29. The molecule has 0 fully saturated rings. The standard InChI is InChI=1S/C10H13NO/c1-3-4-6-9-10(12-2)7-5-8-11-9/h3,5,7-8H,1,4,6H2,2H3. The molecule has 0 atom stereocenters. The molecule has 0 radical (unpaired) electrons. The predicted octanol–water partition coefficient (Wildman–Crippen LogP) is 2.21. The average Bonchev–Trinajstić information content (AvgIpc) is 2.15. The van der Waals surface area contributed by atoms with Gasteiger partial charge in [-0.2, -0.15) is 0 Å².